The maximum absolute atomic E-state index is 12.5. The van der Waals surface area contributed by atoms with E-state index in [0.717, 1.165) is 57.8 Å². The average Bonchev–Trinajstić information content (AvgIpc) is 3.34. The van der Waals surface area contributed by atoms with Crippen molar-refractivity contribution in [2.75, 3.05) is 13.2 Å². The molecule has 0 aromatic carbocycles. The van der Waals surface area contributed by atoms with Crippen molar-refractivity contribution < 1.29 is 24.5 Å². The number of nitrogens with one attached hydrogen (secondary N) is 1. The standard InChI is InChI=1S/C62H121NO5/c1-3-5-7-9-11-13-15-17-18-19-20-21-24-27-31-34-38-42-46-50-54-60(65)59(58-64)63-61(66)55-51-47-43-39-35-32-28-25-22-23-26-29-33-37-41-45-49-53-57-68-62(67)56-52-48-44-40-36-30-16-14-12-10-8-6-4-2/h25,28,59-60,64-65H,3-24,26-27,29-58H2,1-2H3,(H,63,66)/b28-25-. The van der Waals surface area contributed by atoms with Crippen LogP contribution in [0.25, 0.3) is 0 Å². The van der Waals surface area contributed by atoms with E-state index in [4.69, 9.17) is 4.74 Å². The Morgan fingerprint density at radius 3 is 1.04 bits per heavy atom. The predicted octanol–water partition coefficient (Wildman–Crippen LogP) is 19.2. The Labute approximate surface area is 425 Å². The Kier molecular flexibility index (Phi) is 57.0. The normalized spacial score (nSPS) is 12.6. The molecule has 0 aromatic rings. The summed E-state index contributed by atoms with van der Waals surface area (Å²) in [6, 6.07) is -0.551. The smallest absolute Gasteiger partial charge is 0.305 e. The van der Waals surface area contributed by atoms with Crippen LogP contribution in [0.5, 0.6) is 0 Å². The van der Waals surface area contributed by atoms with Gasteiger partial charge in [0.1, 0.15) is 0 Å². The van der Waals surface area contributed by atoms with E-state index in [-0.39, 0.29) is 18.5 Å². The molecule has 0 aliphatic heterocycles. The average molecular weight is 961 g/mol. The van der Waals surface area contributed by atoms with Gasteiger partial charge in [-0.25, -0.2) is 0 Å². The van der Waals surface area contributed by atoms with Crippen LogP contribution >= 0.6 is 0 Å². The minimum Gasteiger partial charge on any atom is -0.466 e. The Morgan fingerprint density at radius 2 is 0.691 bits per heavy atom. The summed E-state index contributed by atoms with van der Waals surface area (Å²) in [7, 11) is 0. The van der Waals surface area contributed by atoms with E-state index in [1.165, 1.54) is 257 Å². The number of ether oxygens (including phenoxy) is 1. The molecule has 0 rings (SSSR count). The number of carbonyl (C=O) groups is 2. The lowest BCUT2D eigenvalue weighted by molar-refractivity contribution is -0.143. The van der Waals surface area contributed by atoms with Gasteiger partial charge in [0.15, 0.2) is 0 Å². The van der Waals surface area contributed by atoms with Gasteiger partial charge in [-0.15, -0.1) is 0 Å². The highest BCUT2D eigenvalue weighted by atomic mass is 16.5. The predicted molar refractivity (Wildman–Crippen MR) is 297 cm³/mol. The molecule has 1 amide bonds. The lowest BCUT2D eigenvalue weighted by Crippen LogP contribution is -2.45. The minimum absolute atomic E-state index is 0.00539. The zero-order valence-corrected chi connectivity index (χ0v) is 46.1. The van der Waals surface area contributed by atoms with E-state index in [1.54, 1.807) is 0 Å². The molecule has 2 atom stereocenters. The summed E-state index contributed by atoms with van der Waals surface area (Å²) in [5.41, 5.74) is 0. The first-order valence-corrected chi connectivity index (χ1v) is 30.9. The maximum atomic E-state index is 12.5. The molecule has 0 radical (unpaired) electrons. The minimum atomic E-state index is -0.673. The van der Waals surface area contributed by atoms with Gasteiger partial charge in [-0.05, 0) is 51.4 Å². The number of esters is 1. The molecular weight excluding hydrogens is 839 g/mol. The van der Waals surface area contributed by atoms with Gasteiger partial charge in [0.05, 0.1) is 25.4 Å². The number of carbonyl (C=O) groups excluding carboxylic acids is 2. The molecule has 0 fully saturated rings. The fourth-order valence-corrected chi connectivity index (χ4v) is 9.81. The van der Waals surface area contributed by atoms with Crippen LogP contribution in [0.4, 0.5) is 0 Å². The molecule has 0 bridgehead atoms. The summed E-state index contributed by atoms with van der Waals surface area (Å²) in [4.78, 5) is 24.5. The molecular formula is C62H121NO5. The SMILES string of the molecule is CCCCCCCCCCCCCCCCCCCCCCC(O)C(CO)NC(=O)CCCCCCC/C=C\CCCCCCCCCCCOC(=O)CCCCCCCCCCCCCCC. The van der Waals surface area contributed by atoms with Crippen LogP contribution in [0.3, 0.4) is 0 Å². The third kappa shape index (κ3) is 53.9. The first-order chi connectivity index (χ1) is 33.5. The number of allylic oxidation sites excluding steroid dienone is 2. The van der Waals surface area contributed by atoms with Crippen molar-refractivity contribution in [3.8, 4) is 0 Å². The number of hydrogen-bond donors (Lipinski definition) is 3. The third-order valence-electron chi connectivity index (χ3n) is 14.6. The van der Waals surface area contributed by atoms with Crippen LogP contribution in [0.15, 0.2) is 12.2 Å². The molecule has 404 valence electrons. The molecule has 0 spiro atoms. The van der Waals surface area contributed by atoms with Gasteiger partial charge in [0, 0.05) is 12.8 Å². The van der Waals surface area contributed by atoms with E-state index in [2.05, 4.69) is 31.3 Å². The summed E-state index contributed by atoms with van der Waals surface area (Å²) in [6.45, 7) is 4.97. The molecule has 0 heterocycles. The summed E-state index contributed by atoms with van der Waals surface area (Å²) in [5.74, 6) is -0.0402. The molecule has 0 aliphatic carbocycles. The number of rotatable bonds is 58. The van der Waals surface area contributed by atoms with E-state index in [1.807, 2.05) is 0 Å². The Hall–Kier alpha value is -1.40. The van der Waals surface area contributed by atoms with Gasteiger partial charge in [0.25, 0.3) is 0 Å². The summed E-state index contributed by atoms with van der Waals surface area (Å²) >= 11 is 0. The Bertz CT molecular complexity index is 1020. The highest BCUT2D eigenvalue weighted by Gasteiger charge is 2.20. The van der Waals surface area contributed by atoms with Crippen LogP contribution in [0.1, 0.15) is 348 Å². The monoisotopic (exact) mass is 960 g/mol. The van der Waals surface area contributed by atoms with Crippen LogP contribution < -0.4 is 5.32 Å². The first-order valence-electron chi connectivity index (χ1n) is 30.9. The fraction of sp³-hybridized carbons (Fsp3) is 0.935. The van der Waals surface area contributed by atoms with Crippen molar-refractivity contribution in [1.82, 2.24) is 5.32 Å². The number of amides is 1. The van der Waals surface area contributed by atoms with Crippen molar-refractivity contribution in [3.63, 3.8) is 0 Å². The molecule has 0 aliphatic rings. The molecule has 6 heteroatoms. The van der Waals surface area contributed by atoms with E-state index in [9.17, 15) is 19.8 Å². The van der Waals surface area contributed by atoms with Gasteiger partial charge in [-0.2, -0.15) is 0 Å². The van der Waals surface area contributed by atoms with Crippen molar-refractivity contribution in [1.29, 1.82) is 0 Å². The molecule has 6 nitrogen and oxygen atoms in total. The largest absolute Gasteiger partial charge is 0.466 e. The van der Waals surface area contributed by atoms with Gasteiger partial charge in [-0.3, -0.25) is 9.59 Å². The number of aliphatic hydroxyl groups is 2. The zero-order chi connectivity index (χ0) is 49.3. The number of unbranched alkanes of at least 4 members (excludes halogenated alkanes) is 45. The second-order valence-corrected chi connectivity index (χ2v) is 21.4. The Morgan fingerprint density at radius 1 is 0.397 bits per heavy atom. The van der Waals surface area contributed by atoms with Crippen LogP contribution in [-0.4, -0.2) is 47.4 Å². The molecule has 2 unspecified atom stereocenters. The molecule has 0 aromatic heterocycles. The first kappa shape index (κ1) is 66.6. The van der Waals surface area contributed by atoms with Gasteiger partial charge in [-0.1, -0.05) is 296 Å². The van der Waals surface area contributed by atoms with Crippen molar-refractivity contribution in [2.45, 2.75) is 360 Å². The summed E-state index contributed by atoms with van der Waals surface area (Å²) < 4.78 is 5.47. The highest BCUT2D eigenvalue weighted by Crippen LogP contribution is 2.18. The second-order valence-electron chi connectivity index (χ2n) is 21.4. The van der Waals surface area contributed by atoms with Crippen LogP contribution in [-0.2, 0) is 14.3 Å². The molecule has 3 N–H and O–H groups in total. The van der Waals surface area contributed by atoms with Crippen molar-refractivity contribution >= 4 is 11.9 Å². The van der Waals surface area contributed by atoms with Crippen LogP contribution in [0.2, 0.25) is 0 Å². The molecule has 0 saturated heterocycles. The fourth-order valence-electron chi connectivity index (χ4n) is 9.81. The van der Waals surface area contributed by atoms with Crippen molar-refractivity contribution in [3.05, 3.63) is 12.2 Å². The molecule has 68 heavy (non-hydrogen) atoms. The lowest BCUT2D eigenvalue weighted by Gasteiger charge is -2.22. The Balaban J connectivity index is 3.44. The second kappa shape index (κ2) is 58.2. The zero-order valence-electron chi connectivity index (χ0n) is 46.1. The van der Waals surface area contributed by atoms with E-state index >= 15 is 0 Å². The van der Waals surface area contributed by atoms with Gasteiger partial charge < -0.3 is 20.3 Å². The summed E-state index contributed by atoms with van der Waals surface area (Å²) in [6.07, 6.45) is 69.3. The van der Waals surface area contributed by atoms with E-state index < -0.39 is 12.1 Å². The maximum Gasteiger partial charge on any atom is 0.305 e. The number of hydrogen-bond acceptors (Lipinski definition) is 5. The van der Waals surface area contributed by atoms with E-state index in [0.29, 0.717) is 25.9 Å². The van der Waals surface area contributed by atoms with Gasteiger partial charge in [0.2, 0.25) is 5.91 Å². The van der Waals surface area contributed by atoms with Crippen molar-refractivity contribution in [2.24, 2.45) is 0 Å². The van der Waals surface area contributed by atoms with Gasteiger partial charge >= 0.3 is 5.97 Å². The highest BCUT2D eigenvalue weighted by molar-refractivity contribution is 5.76. The number of aliphatic hydroxyl groups excluding tert-OH is 2. The molecule has 0 saturated carbocycles. The summed E-state index contributed by atoms with van der Waals surface area (Å²) in [5, 5.41) is 23.3. The quantitative estimate of drug-likeness (QED) is 0.0321. The lowest BCUT2D eigenvalue weighted by atomic mass is 10.0. The third-order valence-corrected chi connectivity index (χ3v) is 14.6. The topological polar surface area (TPSA) is 95.9 Å². The van der Waals surface area contributed by atoms with Crippen LogP contribution in [0, 0.1) is 0 Å².